The van der Waals surface area contributed by atoms with E-state index in [0.29, 0.717) is 17.3 Å². The van der Waals surface area contributed by atoms with Crippen molar-refractivity contribution in [2.45, 2.75) is 25.0 Å². The van der Waals surface area contributed by atoms with Gasteiger partial charge in [0.1, 0.15) is 5.75 Å². The third-order valence-corrected chi connectivity index (χ3v) is 4.20. The summed E-state index contributed by atoms with van der Waals surface area (Å²) in [4.78, 5) is 14.3. The summed E-state index contributed by atoms with van der Waals surface area (Å²) in [6, 6.07) is 7.70. The molecule has 1 aromatic carbocycles. The van der Waals surface area contributed by atoms with E-state index in [-0.39, 0.29) is 18.6 Å². The summed E-state index contributed by atoms with van der Waals surface area (Å²) >= 11 is 5.80. The zero-order valence-electron chi connectivity index (χ0n) is 12.5. The molecule has 0 spiro atoms. The van der Waals surface area contributed by atoms with Gasteiger partial charge in [-0.25, -0.2) is 0 Å². The van der Waals surface area contributed by atoms with Gasteiger partial charge in [-0.2, -0.15) is 0 Å². The number of amides is 1. The van der Waals surface area contributed by atoms with Crippen molar-refractivity contribution in [3.05, 3.63) is 29.3 Å². The van der Waals surface area contributed by atoms with Crippen LogP contribution in [0.25, 0.3) is 0 Å². The monoisotopic (exact) mass is 324 g/mol. The molecule has 0 unspecified atom stereocenters. The highest BCUT2D eigenvalue weighted by atomic mass is 35.5. The van der Waals surface area contributed by atoms with Crippen LogP contribution in [0.2, 0.25) is 5.02 Å². The molecule has 1 aliphatic heterocycles. The first-order valence-corrected chi connectivity index (χ1v) is 8.09. The Balaban J connectivity index is 1.35. The molecule has 1 saturated heterocycles. The van der Waals surface area contributed by atoms with Gasteiger partial charge in [-0.05, 0) is 37.1 Å². The number of hydrogen-bond acceptors (Lipinski definition) is 4. The summed E-state index contributed by atoms with van der Waals surface area (Å²) in [6.07, 6.45) is 2.68. The minimum absolute atomic E-state index is 0.000686. The van der Waals surface area contributed by atoms with E-state index in [1.54, 1.807) is 24.3 Å². The molecule has 3 rings (SSSR count). The van der Waals surface area contributed by atoms with E-state index >= 15 is 0 Å². The highest BCUT2D eigenvalue weighted by molar-refractivity contribution is 6.30. The fourth-order valence-corrected chi connectivity index (χ4v) is 2.72. The van der Waals surface area contributed by atoms with Crippen LogP contribution in [0.3, 0.4) is 0 Å². The van der Waals surface area contributed by atoms with E-state index in [4.69, 9.17) is 21.1 Å². The number of nitrogens with one attached hydrogen (secondary N) is 1. The first-order valence-electron chi connectivity index (χ1n) is 7.71. The smallest absolute Gasteiger partial charge is 0.258 e. The predicted octanol–water partition coefficient (Wildman–Crippen LogP) is 1.70. The van der Waals surface area contributed by atoms with Crippen LogP contribution in [0.5, 0.6) is 5.75 Å². The Morgan fingerprint density at radius 3 is 2.86 bits per heavy atom. The van der Waals surface area contributed by atoms with Crippen LogP contribution < -0.4 is 10.1 Å². The Bertz CT molecular complexity index is 505. The molecule has 1 saturated carbocycles. The van der Waals surface area contributed by atoms with Gasteiger partial charge in [0.2, 0.25) is 0 Å². The number of carbonyl (C=O) groups excluding carboxylic acids is 1. The van der Waals surface area contributed by atoms with Gasteiger partial charge in [0, 0.05) is 30.7 Å². The first kappa shape index (κ1) is 15.6. The van der Waals surface area contributed by atoms with Gasteiger partial charge in [-0.3, -0.25) is 9.69 Å². The number of morpholine rings is 1. The zero-order chi connectivity index (χ0) is 15.4. The fourth-order valence-electron chi connectivity index (χ4n) is 2.60. The second-order valence-electron chi connectivity index (χ2n) is 5.77. The lowest BCUT2D eigenvalue weighted by Crippen LogP contribution is -2.48. The number of halogens is 1. The van der Waals surface area contributed by atoms with Crippen LogP contribution in [0.1, 0.15) is 12.8 Å². The van der Waals surface area contributed by atoms with Crippen molar-refractivity contribution in [3.8, 4) is 5.75 Å². The lowest BCUT2D eigenvalue weighted by atomic mass is 10.2. The quantitative estimate of drug-likeness (QED) is 0.865. The molecule has 0 bridgehead atoms. The van der Waals surface area contributed by atoms with Gasteiger partial charge in [-0.15, -0.1) is 0 Å². The van der Waals surface area contributed by atoms with Gasteiger partial charge in [0.05, 0.1) is 12.7 Å². The summed E-state index contributed by atoms with van der Waals surface area (Å²) in [5.74, 6) is 0.496. The molecule has 22 heavy (non-hydrogen) atoms. The van der Waals surface area contributed by atoms with Crippen molar-refractivity contribution in [2.24, 2.45) is 0 Å². The molecule has 1 heterocycles. The molecule has 0 aromatic heterocycles. The number of nitrogens with zero attached hydrogens (tertiary/aromatic N) is 1. The number of carbonyl (C=O) groups is 1. The second-order valence-corrected chi connectivity index (χ2v) is 6.20. The second kappa shape index (κ2) is 7.31. The summed E-state index contributed by atoms with van der Waals surface area (Å²) in [6.45, 7) is 3.20. The molecule has 1 amide bonds. The van der Waals surface area contributed by atoms with Crippen molar-refractivity contribution in [1.82, 2.24) is 10.2 Å². The maximum absolute atomic E-state index is 11.8. The van der Waals surface area contributed by atoms with Crippen LogP contribution in [-0.4, -0.2) is 55.8 Å². The molecule has 120 valence electrons. The van der Waals surface area contributed by atoms with Gasteiger partial charge >= 0.3 is 0 Å². The molecular formula is C16H21ClN2O3. The lowest BCUT2D eigenvalue weighted by molar-refractivity contribution is -0.124. The third-order valence-electron chi connectivity index (χ3n) is 3.94. The molecule has 1 aromatic rings. The minimum atomic E-state index is -0.137. The molecule has 0 radical (unpaired) electrons. The Kier molecular flexibility index (Phi) is 5.18. The summed E-state index contributed by atoms with van der Waals surface area (Å²) < 4.78 is 11.1. The molecule has 2 fully saturated rings. The van der Waals surface area contributed by atoms with E-state index in [2.05, 4.69) is 10.2 Å². The van der Waals surface area contributed by atoms with Crippen molar-refractivity contribution in [1.29, 1.82) is 0 Å². The lowest BCUT2D eigenvalue weighted by Gasteiger charge is -2.33. The van der Waals surface area contributed by atoms with Crippen molar-refractivity contribution >= 4 is 17.5 Å². The summed E-state index contributed by atoms with van der Waals surface area (Å²) in [7, 11) is 0. The number of ether oxygens (including phenoxy) is 2. The highest BCUT2D eigenvalue weighted by Crippen LogP contribution is 2.28. The molecule has 6 heteroatoms. The van der Waals surface area contributed by atoms with Crippen LogP contribution in [0.4, 0.5) is 0 Å². The Morgan fingerprint density at radius 1 is 1.36 bits per heavy atom. The van der Waals surface area contributed by atoms with Gasteiger partial charge in [0.25, 0.3) is 5.91 Å². The Labute approximate surface area is 135 Å². The predicted molar refractivity (Wildman–Crippen MR) is 84.3 cm³/mol. The average Bonchev–Trinajstić information content (AvgIpc) is 3.37. The highest BCUT2D eigenvalue weighted by Gasteiger charge is 2.32. The fraction of sp³-hybridized carbons (Fsp3) is 0.562. The zero-order valence-corrected chi connectivity index (χ0v) is 13.2. The number of rotatable bonds is 6. The molecule has 5 nitrogen and oxygen atoms in total. The van der Waals surface area contributed by atoms with Crippen LogP contribution in [0.15, 0.2) is 24.3 Å². The van der Waals surface area contributed by atoms with E-state index in [0.717, 1.165) is 25.7 Å². The van der Waals surface area contributed by atoms with Crippen LogP contribution in [-0.2, 0) is 9.53 Å². The minimum Gasteiger partial charge on any atom is -0.484 e. The Morgan fingerprint density at radius 2 is 2.14 bits per heavy atom. The maximum atomic E-state index is 11.8. The van der Waals surface area contributed by atoms with Crippen molar-refractivity contribution < 1.29 is 14.3 Å². The Hall–Kier alpha value is -1.30. The standard InChI is InChI=1S/C16H21ClN2O3/c17-12-1-5-14(6-2-12)22-11-16(20)18-9-15-10-19(7-8-21-15)13-3-4-13/h1-2,5-6,13,15H,3-4,7-11H2,(H,18,20)/t15-/m1/s1. The number of benzene rings is 1. The summed E-state index contributed by atoms with van der Waals surface area (Å²) in [5.41, 5.74) is 0. The third kappa shape index (κ3) is 4.60. The van der Waals surface area contributed by atoms with Gasteiger partial charge < -0.3 is 14.8 Å². The van der Waals surface area contributed by atoms with Gasteiger partial charge in [-0.1, -0.05) is 11.6 Å². The van der Waals surface area contributed by atoms with E-state index < -0.39 is 0 Å². The topological polar surface area (TPSA) is 50.8 Å². The maximum Gasteiger partial charge on any atom is 0.258 e. The molecule has 1 aliphatic carbocycles. The van der Waals surface area contributed by atoms with Crippen molar-refractivity contribution in [2.75, 3.05) is 32.8 Å². The molecule has 2 aliphatic rings. The van der Waals surface area contributed by atoms with Gasteiger partial charge in [0.15, 0.2) is 6.61 Å². The number of hydrogen-bond donors (Lipinski definition) is 1. The van der Waals surface area contributed by atoms with E-state index in [1.807, 2.05) is 0 Å². The first-order chi connectivity index (χ1) is 10.7. The molecule has 1 atom stereocenters. The molecular weight excluding hydrogens is 304 g/mol. The average molecular weight is 325 g/mol. The largest absolute Gasteiger partial charge is 0.484 e. The van der Waals surface area contributed by atoms with Crippen molar-refractivity contribution in [3.63, 3.8) is 0 Å². The molecule has 1 N–H and O–H groups in total. The normalized spacial score (nSPS) is 22.3. The van der Waals surface area contributed by atoms with Crippen LogP contribution in [0, 0.1) is 0 Å². The van der Waals surface area contributed by atoms with Crippen LogP contribution >= 0.6 is 11.6 Å². The van der Waals surface area contributed by atoms with E-state index in [9.17, 15) is 4.79 Å². The SMILES string of the molecule is O=C(COc1ccc(Cl)cc1)NC[C@@H]1CN(C2CC2)CCO1. The summed E-state index contributed by atoms with van der Waals surface area (Å²) in [5, 5.41) is 3.52. The van der Waals surface area contributed by atoms with E-state index in [1.165, 1.54) is 12.8 Å².